The molecule has 0 fully saturated rings. The van der Waals surface area contributed by atoms with Crippen LogP contribution in [0.15, 0.2) is 65.6 Å². The van der Waals surface area contributed by atoms with E-state index in [1.165, 1.54) is 4.90 Å². The number of pyridine rings is 1. The highest BCUT2D eigenvalue weighted by atomic mass is 16.6. The van der Waals surface area contributed by atoms with Gasteiger partial charge in [-0.05, 0) is 36.1 Å². The molecule has 1 aliphatic heterocycles. The number of aryl methyl sites for hydroxylation is 2. The Kier molecular flexibility index (Phi) is 5.08. The average molecular weight is 418 g/mol. The predicted molar refractivity (Wildman–Crippen MR) is 113 cm³/mol. The summed E-state index contributed by atoms with van der Waals surface area (Å²) in [6.45, 7) is -0.497. The number of nitrogens with two attached hydrogens (primary N) is 1. The first-order valence-corrected chi connectivity index (χ1v) is 9.54. The SMILES string of the molecule is NC(=O)c1cc([N+](=O)[O-])cn(CC(=O)N2c3ccccc3CCc3ccccc32)c1=O. The fourth-order valence-corrected chi connectivity index (χ4v) is 3.78. The number of carbonyl (C=O) groups is 2. The number of carbonyl (C=O) groups excluding carboxylic acids is 2. The molecule has 4 rings (SSSR count). The number of primary amides is 1. The topological polar surface area (TPSA) is 129 Å². The quantitative estimate of drug-likeness (QED) is 0.514. The third-order valence-electron chi connectivity index (χ3n) is 5.23. The van der Waals surface area contributed by atoms with Gasteiger partial charge in [0.1, 0.15) is 12.1 Å². The Hall–Kier alpha value is -4.27. The summed E-state index contributed by atoms with van der Waals surface area (Å²) in [6, 6.07) is 15.8. The van der Waals surface area contributed by atoms with Crippen LogP contribution in [0.3, 0.4) is 0 Å². The molecule has 2 heterocycles. The van der Waals surface area contributed by atoms with E-state index in [9.17, 15) is 24.5 Å². The fraction of sp³-hybridized carbons (Fsp3) is 0.136. The summed E-state index contributed by atoms with van der Waals surface area (Å²) in [5, 5.41) is 11.2. The van der Waals surface area contributed by atoms with Gasteiger partial charge in [0.2, 0.25) is 0 Å². The van der Waals surface area contributed by atoms with Crippen LogP contribution in [-0.2, 0) is 24.2 Å². The van der Waals surface area contributed by atoms with E-state index in [0.29, 0.717) is 11.4 Å². The molecule has 0 bridgehead atoms. The number of fused-ring (bicyclic) bond motifs is 2. The molecule has 0 atom stereocenters. The number of rotatable bonds is 4. The molecule has 2 amide bonds. The number of aromatic nitrogens is 1. The van der Waals surface area contributed by atoms with Crippen LogP contribution in [0.5, 0.6) is 0 Å². The van der Waals surface area contributed by atoms with Gasteiger partial charge in [-0.1, -0.05) is 36.4 Å². The van der Waals surface area contributed by atoms with E-state index in [2.05, 4.69) is 0 Å². The van der Waals surface area contributed by atoms with E-state index in [1.807, 2.05) is 48.5 Å². The molecule has 31 heavy (non-hydrogen) atoms. The molecule has 1 aromatic heterocycles. The van der Waals surface area contributed by atoms with Crippen molar-refractivity contribution in [2.45, 2.75) is 19.4 Å². The molecular weight excluding hydrogens is 400 g/mol. The van der Waals surface area contributed by atoms with Crippen molar-refractivity contribution in [1.29, 1.82) is 0 Å². The van der Waals surface area contributed by atoms with Crippen LogP contribution in [0, 0.1) is 10.1 Å². The van der Waals surface area contributed by atoms with Gasteiger partial charge in [0.05, 0.1) is 22.5 Å². The van der Waals surface area contributed by atoms with Crippen LogP contribution in [-0.4, -0.2) is 21.3 Å². The highest BCUT2D eigenvalue weighted by Crippen LogP contribution is 2.36. The lowest BCUT2D eigenvalue weighted by Crippen LogP contribution is -2.36. The van der Waals surface area contributed by atoms with E-state index in [-0.39, 0.29) is 0 Å². The first kappa shape index (κ1) is 20.0. The van der Waals surface area contributed by atoms with Crippen molar-refractivity contribution in [3.05, 3.63) is 98.0 Å². The van der Waals surface area contributed by atoms with Gasteiger partial charge < -0.3 is 5.73 Å². The summed E-state index contributed by atoms with van der Waals surface area (Å²) < 4.78 is 0.858. The van der Waals surface area contributed by atoms with Crippen LogP contribution >= 0.6 is 0 Å². The molecule has 0 aliphatic carbocycles. The molecule has 2 N–H and O–H groups in total. The van der Waals surface area contributed by atoms with Gasteiger partial charge in [-0.25, -0.2) is 0 Å². The number of nitrogens with zero attached hydrogens (tertiary/aromatic N) is 3. The van der Waals surface area contributed by atoms with Crippen molar-refractivity contribution in [2.24, 2.45) is 5.73 Å². The second kappa shape index (κ2) is 7.86. The number of nitro groups is 1. The number of benzene rings is 2. The summed E-state index contributed by atoms with van der Waals surface area (Å²) in [6.07, 6.45) is 2.42. The second-order valence-electron chi connectivity index (χ2n) is 7.15. The normalized spacial score (nSPS) is 12.5. The third-order valence-corrected chi connectivity index (χ3v) is 5.23. The lowest BCUT2D eigenvalue weighted by molar-refractivity contribution is -0.385. The van der Waals surface area contributed by atoms with Crippen LogP contribution < -0.4 is 16.2 Å². The smallest absolute Gasteiger partial charge is 0.286 e. The zero-order chi connectivity index (χ0) is 22.1. The summed E-state index contributed by atoms with van der Waals surface area (Å²) >= 11 is 0. The average Bonchev–Trinajstić information content (AvgIpc) is 2.91. The van der Waals surface area contributed by atoms with E-state index in [1.54, 1.807) is 0 Å². The summed E-state index contributed by atoms with van der Waals surface area (Å²) in [4.78, 5) is 49.7. The highest BCUT2D eigenvalue weighted by molar-refractivity contribution is 6.02. The Morgan fingerprint density at radius 2 is 1.55 bits per heavy atom. The van der Waals surface area contributed by atoms with Gasteiger partial charge >= 0.3 is 0 Å². The minimum absolute atomic E-state index is 0.472. The number of para-hydroxylation sites is 2. The lowest BCUT2D eigenvalue weighted by atomic mass is 10.0. The number of amides is 2. The molecule has 9 heteroatoms. The molecule has 0 spiro atoms. The second-order valence-corrected chi connectivity index (χ2v) is 7.15. The molecular formula is C22H18N4O5. The van der Waals surface area contributed by atoms with Crippen LogP contribution in [0.1, 0.15) is 21.5 Å². The van der Waals surface area contributed by atoms with Crippen molar-refractivity contribution < 1.29 is 14.5 Å². The molecule has 0 saturated heterocycles. The van der Waals surface area contributed by atoms with E-state index < -0.39 is 40.1 Å². The Morgan fingerprint density at radius 3 is 2.06 bits per heavy atom. The minimum atomic E-state index is -1.10. The molecule has 0 unspecified atom stereocenters. The van der Waals surface area contributed by atoms with Gasteiger partial charge in [-0.2, -0.15) is 0 Å². The first-order valence-electron chi connectivity index (χ1n) is 9.54. The van der Waals surface area contributed by atoms with Gasteiger partial charge in [-0.15, -0.1) is 0 Å². The van der Waals surface area contributed by atoms with Gasteiger partial charge in [0, 0.05) is 6.07 Å². The van der Waals surface area contributed by atoms with Crippen molar-refractivity contribution in [2.75, 3.05) is 4.90 Å². The largest absolute Gasteiger partial charge is 0.365 e. The standard InChI is InChI=1S/C22H18N4O5/c23-21(28)17-11-16(26(30)31)12-24(22(17)29)13-20(27)25-18-7-3-1-5-14(18)9-10-15-6-2-4-8-19(15)25/h1-8,11-12H,9-10,13H2,(H2,23,28). The monoisotopic (exact) mass is 418 g/mol. The van der Waals surface area contributed by atoms with Crippen LogP contribution in [0.2, 0.25) is 0 Å². The summed E-state index contributed by atoms with van der Waals surface area (Å²) in [7, 11) is 0. The Labute approximate surface area is 176 Å². The number of anilines is 2. The lowest BCUT2D eigenvalue weighted by Gasteiger charge is -2.25. The van der Waals surface area contributed by atoms with E-state index >= 15 is 0 Å². The van der Waals surface area contributed by atoms with Crippen LogP contribution in [0.25, 0.3) is 0 Å². The Bertz CT molecular complexity index is 1230. The zero-order valence-corrected chi connectivity index (χ0v) is 16.4. The Morgan fingerprint density at radius 1 is 1.00 bits per heavy atom. The van der Waals surface area contributed by atoms with Crippen molar-refractivity contribution in [3.8, 4) is 0 Å². The maximum atomic E-state index is 13.4. The van der Waals surface area contributed by atoms with Gasteiger partial charge in [0.15, 0.2) is 0 Å². The molecule has 9 nitrogen and oxygen atoms in total. The minimum Gasteiger partial charge on any atom is -0.365 e. The molecule has 0 radical (unpaired) electrons. The van der Waals surface area contributed by atoms with E-state index in [4.69, 9.17) is 5.73 Å². The van der Waals surface area contributed by atoms with Crippen molar-refractivity contribution >= 4 is 28.9 Å². The fourth-order valence-electron chi connectivity index (χ4n) is 3.78. The predicted octanol–water partition coefficient (Wildman–Crippen LogP) is 2.32. The highest BCUT2D eigenvalue weighted by Gasteiger charge is 2.27. The van der Waals surface area contributed by atoms with Crippen molar-refractivity contribution in [3.63, 3.8) is 0 Å². The van der Waals surface area contributed by atoms with Gasteiger partial charge in [0.25, 0.3) is 23.1 Å². The van der Waals surface area contributed by atoms with Crippen LogP contribution in [0.4, 0.5) is 17.1 Å². The number of hydrogen-bond donors (Lipinski definition) is 1. The maximum absolute atomic E-state index is 13.4. The molecule has 0 saturated carbocycles. The summed E-state index contributed by atoms with van der Waals surface area (Å²) in [5.41, 5.74) is 6.61. The molecule has 156 valence electrons. The van der Waals surface area contributed by atoms with E-state index in [0.717, 1.165) is 40.8 Å². The zero-order valence-electron chi connectivity index (χ0n) is 16.4. The molecule has 3 aromatic rings. The third kappa shape index (κ3) is 3.68. The number of hydrogen-bond acceptors (Lipinski definition) is 5. The van der Waals surface area contributed by atoms with Crippen molar-refractivity contribution in [1.82, 2.24) is 4.57 Å². The Balaban J connectivity index is 1.82. The summed E-state index contributed by atoms with van der Waals surface area (Å²) in [5.74, 6) is -1.57. The molecule has 1 aliphatic rings. The molecule has 2 aromatic carbocycles. The first-order chi connectivity index (χ1) is 14.9. The van der Waals surface area contributed by atoms with Gasteiger partial charge in [-0.3, -0.25) is 34.0 Å². The maximum Gasteiger partial charge on any atom is 0.286 e.